The lowest BCUT2D eigenvalue weighted by Crippen LogP contribution is -2.50. The van der Waals surface area contributed by atoms with Crippen molar-refractivity contribution >= 4 is 29.0 Å². The van der Waals surface area contributed by atoms with Gasteiger partial charge in [0, 0.05) is 13.1 Å². The molecule has 1 rings (SSSR count). The molecule has 0 bridgehead atoms. The zero-order valence-electron chi connectivity index (χ0n) is 10.9. The van der Waals surface area contributed by atoms with Gasteiger partial charge in [0.05, 0.1) is 10.9 Å². The van der Waals surface area contributed by atoms with Gasteiger partial charge in [-0.1, -0.05) is 12.2 Å². The van der Waals surface area contributed by atoms with E-state index in [-0.39, 0.29) is 16.8 Å². The molecule has 2 amide bonds. The number of amides is 2. The van der Waals surface area contributed by atoms with Crippen molar-refractivity contribution in [1.82, 2.24) is 10.2 Å². The predicted octanol–water partition coefficient (Wildman–Crippen LogP) is 0.426. The fourth-order valence-electron chi connectivity index (χ4n) is 1.92. The Hall–Kier alpha value is -1.17. The van der Waals surface area contributed by atoms with Crippen LogP contribution in [-0.4, -0.2) is 40.8 Å². The van der Waals surface area contributed by atoms with Crippen LogP contribution in [0.15, 0.2) is 0 Å². The van der Waals surface area contributed by atoms with E-state index in [0.717, 1.165) is 25.9 Å². The first-order chi connectivity index (χ1) is 8.43. The van der Waals surface area contributed by atoms with Crippen molar-refractivity contribution in [3.8, 4) is 0 Å². The van der Waals surface area contributed by atoms with E-state index in [9.17, 15) is 9.59 Å². The summed E-state index contributed by atoms with van der Waals surface area (Å²) in [5.74, 6) is -0.866. The first kappa shape index (κ1) is 14.9. The molecular formula is C12H21N3O2S. The summed E-state index contributed by atoms with van der Waals surface area (Å²) in [4.78, 5) is 25.8. The highest BCUT2D eigenvalue weighted by molar-refractivity contribution is 7.80. The first-order valence-corrected chi connectivity index (χ1v) is 6.72. The fourth-order valence-corrected chi connectivity index (χ4v) is 2.02. The van der Waals surface area contributed by atoms with E-state index in [2.05, 4.69) is 5.32 Å². The van der Waals surface area contributed by atoms with Crippen LogP contribution in [0.3, 0.4) is 0 Å². The highest BCUT2D eigenvalue weighted by Gasteiger charge is 2.25. The molecule has 1 heterocycles. The van der Waals surface area contributed by atoms with Crippen LogP contribution in [0.4, 0.5) is 0 Å². The van der Waals surface area contributed by atoms with Crippen molar-refractivity contribution in [3.63, 3.8) is 0 Å². The Labute approximate surface area is 113 Å². The highest BCUT2D eigenvalue weighted by atomic mass is 32.1. The standard InChI is InChI=1S/C12H21N3O2S/c1-8(10(13)18)11(16)14-9(2)12(17)15-6-4-3-5-7-15/h8-9H,3-7H2,1-2H3,(H2,13,18)(H,14,16). The third-order valence-electron chi connectivity index (χ3n) is 3.22. The number of hydrogen-bond acceptors (Lipinski definition) is 3. The number of nitrogens with one attached hydrogen (secondary N) is 1. The second-order valence-electron chi connectivity index (χ2n) is 4.74. The molecule has 0 spiro atoms. The van der Waals surface area contributed by atoms with Gasteiger partial charge in [0.1, 0.15) is 6.04 Å². The van der Waals surface area contributed by atoms with Gasteiger partial charge in [-0.2, -0.15) is 0 Å². The Balaban J connectivity index is 2.48. The average molecular weight is 271 g/mol. The summed E-state index contributed by atoms with van der Waals surface area (Å²) in [5.41, 5.74) is 5.41. The molecule has 0 aromatic rings. The number of carbonyl (C=O) groups is 2. The van der Waals surface area contributed by atoms with E-state index < -0.39 is 12.0 Å². The minimum Gasteiger partial charge on any atom is -0.393 e. The molecule has 102 valence electrons. The van der Waals surface area contributed by atoms with E-state index in [4.69, 9.17) is 18.0 Å². The molecule has 0 aromatic carbocycles. The average Bonchev–Trinajstić information content (AvgIpc) is 2.37. The summed E-state index contributed by atoms with van der Waals surface area (Å²) < 4.78 is 0. The van der Waals surface area contributed by atoms with Crippen molar-refractivity contribution in [3.05, 3.63) is 0 Å². The molecule has 1 aliphatic heterocycles. The normalized spacial score (nSPS) is 18.9. The molecule has 2 unspecified atom stereocenters. The topological polar surface area (TPSA) is 75.4 Å². The maximum absolute atomic E-state index is 12.1. The lowest BCUT2D eigenvalue weighted by Gasteiger charge is -2.29. The SMILES string of the molecule is CC(NC(=O)C(C)C(N)=S)C(=O)N1CCCCC1. The molecule has 2 atom stereocenters. The van der Waals surface area contributed by atoms with Gasteiger partial charge in [0.15, 0.2) is 0 Å². The van der Waals surface area contributed by atoms with E-state index in [1.54, 1.807) is 18.7 Å². The lowest BCUT2D eigenvalue weighted by atomic mass is 10.1. The fraction of sp³-hybridized carbons (Fsp3) is 0.750. The molecule has 1 saturated heterocycles. The summed E-state index contributed by atoms with van der Waals surface area (Å²) in [6.07, 6.45) is 3.24. The molecule has 1 fully saturated rings. The van der Waals surface area contributed by atoms with Gasteiger partial charge in [-0.25, -0.2) is 0 Å². The van der Waals surface area contributed by atoms with Crippen LogP contribution < -0.4 is 11.1 Å². The molecule has 0 aromatic heterocycles. The van der Waals surface area contributed by atoms with Crippen molar-refractivity contribution < 1.29 is 9.59 Å². The molecule has 3 N–H and O–H groups in total. The molecule has 1 aliphatic rings. The van der Waals surface area contributed by atoms with Crippen LogP contribution in [-0.2, 0) is 9.59 Å². The molecule has 0 radical (unpaired) electrons. The van der Waals surface area contributed by atoms with E-state index in [1.165, 1.54) is 6.42 Å². The van der Waals surface area contributed by atoms with Crippen molar-refractivity contribution in [2.45, 2.75) is 39.2 Å². The first-order valence-electron chi connectivity index (χ1n) is 6.32. The monoisotopic (exact) mass is 271 g/mol. The Kier molecular flexibility index (Phi) is 5.53. The Morgan fingerprint density at radius 2 is 1.78 bits per heavy atom. The smallest absolute Gasteiger partial charge is 0.244 e. The van der Waals surface area contributed by atoms with Gasteiger partial charge in [-0.3, -0.25) is 9.59 Å². The minimum atomic E-state index is -0.545. The minimum absolute atomic E-state index is 0.0295. The number of rotatable bonds is 4. The zero-order valence-corrected chi connectivity index (χ0v) is 11.8. The maximum Gasteiger partial charge on any atom is 0.244 e. The van der Waals surface area contributed by atoms with E-state index in [0.29, 0.717) is 0 Å². The zero-order chi connectivity index (χ0) is 13.7. The Morgan fingerprint density at radius 3 is 2.28 bits per heavy atom. The van der Waals surface area contributed by atoms with Crippen LogP contribution in [0, 0.1) is 5.92 Å². The van der Waals surface area contributed by atoms with E-state index >= 15 is 0 Å². The summed E-state index contributed by atoms with van der Waals surface area (Å²) in [6, 6.07) is -0.521. The number of likely N-dealkylation sites (tertiary alicyclic amines) is 1. The van der Waals surface area contributed by atoms with Crippen molar-refractivity contribution in [2.75, 3.05) is 13.1 Å². The number of carbonyl (C=O) groups excluding carboxylic acids is 2. The highest BCUT2D eigenvalue weighted by Crippen LogP contribution is 2.10. The second kappa shape index (κ2) is 6.68. The van der Waals surface area contributed by atoms with Crippen LogP contribution in [0.5, 0.6) is 0 Å². The Morgan fingerprint density at radius 1 is 1.22 bits per heavy atom. The summed E-state index contributed by atoms with van der Waals surface area (Å²) in [6.45, 7) is 4.89. The predicted molar refractivity (Wildman–Crippen MR) is 74.0 cm³/mol. The van der Waals surface area contributed by atoms with Crippen LogP contribution >= 0.6 is 12.2 Å². The molecular weight excluding hydrogens is 250 g/mol. The van der Waals surface area contributed by atoms with Crippen molar-refractivity contribution in [2.24, 2.45) is 11.7 Å². The van der Waals surface area contributed by atoms with Gasteiger partial charge < -0.3 is 16.0 Å². The molecule has 0 saturated carbocycles. The van der Waals surface area contributed by atoms with Gasteiger partial charge in [0.2, 0.25) is 11.8 Å². The van der Waals surface area contributed by atoms with Gasteiger partial charge >= 0.3 is 0 Å². The number of thiocarbonyl (C=S) groups is 1. The molecule has 6 heteroatoms. The van der Waals surface area contributed by atoms with Gasteiger partial charge in [-0.05, 0) is 33.1 Å². The maximum atomic E-state index is 12.1. The third-order valence-corrected chi connectivity index (χ3v) is 3.57. The quantitative estimate of drug-likeness (QED) is 0.727. The number of hydrogen-bond donors (Lipinski definition) is 2. The third kappa shape index (κ3) is 3.94. The number of nitrogens with zero attached hydrogens (tertiary/aromatic N) is 1. The number of nitrogens with two attached hydrogens (primary N) is 1. The van der Waals surface area contributed by atoms with Crippen LogP contribution in [0.2, 0.25) is 0 Å². The molecule has 18 heavy (non-hydrogen) atoms. The number of piperidine rings is 1. The van der Waals surface area contributed by atoms with Gasteiger partial charge in [0.25, 0.3) is 0 Å². The lowest BCUT2D eigenvalue weighted by molar-refractivity contribution is -0.137. The molecule has 5 nitrogen and oxygen atoms in total. The Bertz CT molecular complexity index is 340. The van der Waals surface area contributed by atoms with Crippen molar-refractivity contribution in [1.29, 1.82) is 0 Å². The van der Waals surface area contributed by atoms with E-state index in [1.807, 2.05) is 0 Å². The molecule has 0 aliphatic carbocycles. The van der Waals surface area contributed by atoms with Crippen LogP contribution in [0.1, 0.15) is 33.1 Å². The summed E-state index contributed by atoms with van der Waals surface area (Å²) in [5, 5.41) is 2.66. The largest absolute Gasteiger partial charge is 0.393 e. The van der Waals surface area contributed by atoms with Gasteiger partial charge in [-0.15, -0.1) is 0 Å². The van der Waals surface area contributed by atoms with Crippen LogP contribution in [0.25, 0.3) is 0 Å². The summed E-state index contributed by atoms with van der Waals surface area (Å²) >= 11 is 4.76. The summed E-state index contributed by atoms with van der Waals surface area (Å²) in [7, 11) is 0. The second-order valence-corrected chi connectivity index (χ2v) is 5.21.